The number of hydrogen-bond donors (Lipinski definition) is 1. The molecule has 1 heterocycles. The van der Waals surface area contributed by atoms with E-state index in [0.717, 1.165) is 25.1 Å². The van der Waals surface area contributed by atoms with Crippen LogP contribution in [0.3, 0.4) is 0 Å². The number of halogens is 4. The van der Waals surface area contributed by atoms with Gasteiger partial charge in [0, 0.05) is 24.5 Å². The van der Waals surface area contributed by atoms with E-state index >= 15 is 0 Å². The normalized spacial score (nSPS) is 17.9. The zero-order valence-corrected chi connectivity index (χ0v) is 15.3. The van der Waals surface area contributed by atoms with Gasteiger partial charge in [-0.15, -0.1) is 0 Å². The highest BCUT2D eigenvalue weighted by Crippen LogP contribution is 2.36. The number of nitrogens with one attached hydrogen (secondary N) is 1. The topological polar surface area (TPSA) is 52.6 Å². The predicted octanol–water partition coefficient (Wildman–Crippen LogP) is 3.10. The molecular formula is C17H21ClF3N3O2. The molecule has 0 aromatic heterocycles. The standard InChI is InChI=1S/C17H21ClF3N3O2/c1-23(2)6-3-7-24-10-11(8-15(24)25)16(26)22-14-5-4-12(18)9-13(14)17(19,20)21/h4-5,9,11H,3,6-8,10H2,1-2H3,(H,22,26). The third kappa shape index (κ3) is 5.35. The molecule has 144 valence electrons. The van der Waals surface area contributed by atoms with Crippen LogP contribution < -0.4 is 5.32 Å². The van der Waals surface area contributed by atoms with Crippen LogP contribution in [0.4, 0.5) is 18.9 Å². The van der Waals surface area contributed by atoms with Crippen molar-refractivity contribution < 1.29 is 22.8 Å². The monoisotopic (exact) mass is 391 g/mol. The second-order valence-electron chi connectivity index (χ2n) is 6.57. The van der Waals surface area contributed by atoms with Gasteiger partial charge in [-0.05, 0) is 45.3 Å². The smallest absolute Gasteiger partial charge is 0.342 e. The number of alkyl halides is 3. The number of nitrogens with zero attached hydrogens (tertiary/aromatic N) is 2. The van der Waals surface area contributed by atoms with E-state index in [1.807, 2.05) is 19.0 Å². The van der Waals surface area contributed by atoms with E-state index in [0.29, 0.717) is 6.54 Å². The van der Waals surface area contributed by atoms with Crippen molar-refractivity contribution in [3.63, 3.8) is 0 Å². The second-order valence-corrected chi connectivity index (χ2v) is 7.01. The summed E-state index contributed by atoms with van der Waals surface area (Å²) in [5, 5.41) is 2.23. The summed E-state index contributed by atoms with van der Waals surface area (Å²) < 4.78 is 39.3. The van der Waals surface area contributed by atoms with E-state index in [1.165, 1.54) is 6.07 Å². The Bertz CT molecular complexity index is 680. The van der Waals surface area contributed by atoms with Gasteiger partial charge in [0.25, 0.3) is 0 Å². The number of benzene rings is 1. The highest BCUT2D eigenvalue weighted by Gasteiger charge is 2.37. The molecule has 0 spiro atoms. The molecule has 1 N–H and O–H groups in total. The molecule has 2 rings (SSSR count). The molecule has 0 radical (unpaired) electrons. The maximum atomic E-state index is 13.1. The van der Waals surface area contributed by atoms with E-state index in [1.54, 1.807) is 4.90 Å². The first kappa shape index (κ1) is 20.5. The van der Waals surface area contributed by atoms with E-state index in [9.17, 15) is 22.8 Å². The van der Waals surface area contributed by atoms with E-state index in [-0.39, 0.29) is 29.6 Å². The van der Waals surface area contributed by atoms with E-state index in [4.69, 9.17) is 11.6 Å². The highest BCUT2D eigenvalue weighted by atomic mass is 35.5. The number of carbonyl (C=O) groups is 2. The van der Waals surface area contributed by atoms with Crippen molar-refractivity contribution in [1.82, 2.24) is 9.80 Å². The van der Waals surface area contributed by atoms with Gasteiger partial charge < -0.3 is 15.1 Å². The molecule has 26 heavy (non-hydrogen) atoms. The van der Waals surface area contributed by atoms with E-state index < -0.39 is 23.6 Å². The third-order valence-electron chi connectivity index (χ3n) is 4.16. The van der Waals surface area contributed by atoms with Gasteiger partial charge in [0.15, 0.2) is 0 Å². The molecule has 1 aliphatic rings. The lowest BCUT2D eigenvalue weighted by atomic mass is 10.1. The Morgan fingerprint density at radius 1 is 1.38 bits per heavy atom. The van der Waals surface area contributed by atoms with Crippen molar-refractivity contribution in [3.8, 4) is 0 Å². The van der Waals surface area contributed by atoms with Crippen molar-refractivity contribution in [1.29, 1.82) is 0 Å². The van der Waals surface area contributed by atoms with Crippen LogP contribution in [-0.4, -0.2) is 55.3 Å². The molecule has 5 nitrogen and oxygen atoms in total. The van der Waals surface area contributed by atoms with Gasteiger partial charge in [-0.25, -0.2) is 0 Å². The fraction of sp³-hybridized carbons (Fsp3) is 0.529. The molecule has 0 bridgehead atoms. The van der Waals surface area contributed by atoms with Crippen LogP contribution in [0.25, 0.3) is 0 Å². The van der Waals surface area contributed by atoms with Gasteiger partial charge in [-0.1, -0.05) is 11.6 Å². The zero-order valence-electron chi connectivity index (χ0n) is 14.6. The number of likely N-dealkylation sites (tertiary alicyclic amines) is 1. The molecule has 1 fully saturated rings. The van der Waals surface area contributed by atoms with Gasteiger partial charge in [0.2, 0.25) is 11.8 Å². The average Bonchev–Trinajstić information content (AvgIpc) is 2.89. The second kappa shape index (κ2) is 8.26. The maximum absolute atomic E-state index is 13.1. The maximum Gasteiger partial charge on any atom is 0.418 e. The van der Waals surface area contributed by atoms with Gasteiger partial charge in [-0.2, -0.15) is 13.2 Å². The summed E-state index contributed by atoms with van der Waals surface area (Å²) in [5.74, 6) is -1.42. The Morgan fingerprint density at radius 2 is 2.08 bits per heavy atom. The lowest BCUT2D eigenvalue weighted by Gasteiger charge is -2.18. The first-order chi connectivity index (χ1) is 12.1. The molecule has 1 aromatic carbocycles. The largest absolute Gasteiger partial charge is 0.418 e. The Hall–Kier alpha value is -1.80. The Balaban J connectivity index is 2.02. The van der Waals surface area contributed by atoms with Gasteiger partial charge in [0.1, 0.15) is 0 Å². The highest BCUT2D eigenvalue weighted by molar-refractivity contribution is 6.30. The van der Waals surface area contributed by atoms with Crippen LogP contribution in [0.5, 0.6) is 0 Å². The lowest BCUT2D eigenvalue weighted by molar-refractivity contribution is -0.137. The molecule has 1 unspecified atom stereocenters. The molecule has 1 atom stereocenters. The van der Waals surface area contributed by atoms with Crippen LogP contribution >= 0.6 is 11.6 Å². The van der Waals surface area contributed by atoms with Crippen molar-refractivity contribution in [2.24, 2.45) is 5.92 Å². The third-order valence-corrected chi connectivity index (χ3v) is 4.40. The molecule has 1 saturated heterocycles. The van der Waals surface area contributed by atoms with Gasteiger partial charge in [0.05, 0.1) is 17.2 Å². The van der Waals surface area contributed by atoms with Crippen molar-refractivity contribution in [3.05, 3.63) is 28.8 Å². The molecule has 0 aliphatic carbocycles. The molecule has 1 aliphatic heterocycles. The van der Waals surface area contributed by atoms with Crippen LogP contribution in [0.2, 0.25) is 5.02 Å². The first-order valence-corrected chi connectivity index (χ1v) is 8.56. The van der Waals surface area contributed by atoms with Crippen molar-refractivity contribution >= 4 is 29.1 Å². The number of rotatable bonds is 6. The zero-order chi connectivity index (χ0) is 19.5. The van der Waals surface area contributed by atoms with Crippen LogP contribution in [-0.2, 0) is 15.8 Å². The fourth-order valence-corrected chi connectivity index (χ4v) is 3.01. The van der Waals surface area contributed by atoms with Gasteiger partial charge >= 0.3 is 6.18 Å². The van der Waals surface area contributed by atoms with Crippen LogP contribution in [0.1, 0.15) is 18.4 Å². The predicted molar refractivity (Wildman–Crippen MR) is 92.9 cm³/mol. The minimum atomic E-state index is -4.64. The molecule has 0 saturated carbocycles. The SMILES string of the molecule is CN(C)CCCN1CC(C(=O)Nc2ccc(Cl)cc2C(F)(F)F)CC1=O. The lowest BCUT2D eigenvalue weighted by Crippen LogP contribution is -2.30. The quantitative estimate of drug-likeness (QED) is 0.810. The minimum absolute atomic E-state index is 0.00272. The number of carbonyl (C=O) groups excluding carboxylic acids is 2. The molecule has 2 amide bonds. The average molecular weight is 392 g/mol. The Labute approximate surface area is 155 Å². The summed E-state index contributed by atoms with van der Waals surface area (Å²) >= 11 is 5.63. The van der Waals surface area contributed by atoms with Crippen molar-refractivity contribution in [2.45, 2.75) is 19.0 Å². The molecule has 1 aromatic rings. The molecule has 9 heteroatoms. The minimum Gasteiger partial charge on any atom is -0.342 e. The summed E-state index contributed by atoms with van der Waals surface area (Å²) in [6, 6.07) is 3.17. The fourth-order valence-electron chi connectivity index (χ4n) is 2.84. The summed E-state index contributed by atoms with van der Waals surface area (Å²) in [4.78, 5) is 28.0. The first-order valence-electron chi connectivity index (χ1n) is 8.18. The van der Waals surface area contributed by atoms with E-state index in [2.05, 4.69) is 5.32 Å². The van der Waals surface area contributed by atoms with Crippen molar-refractivity contribution in [2.75, 3.05) is 39.0 Å². The number of amides is 2. The number of anilines is 1. The Morgan fingerprint density at radius 3 is 2.69 bits per heavy atom. The van der Waals surface area contributed by atoms with Crippen LogP contribution in [0, 0.1) is 5.92 Å². The number of hydrogen-bond acceptors (Lipinski definition) is 3. The summed E-state index contributed by atoms with van der Waals surface area (Å²) in [7, 11) is 3.85. The molecular weight excluding hydrogens is 371 g/mol. The summed E-state index contributed by atoms with van der Waals surface area (Å²) in [5.41, 5.74) is -1.36. The van der Waals surface area contributed by atoms with Crippen LogP contribution in [0.15, 0.2) is 18.2 Å². The van der Waals surface area contributed by atoms with Gasteiger partial charge in [-0.3, -0.25) is 9.59 Å². The summed E-state index contributed by atoms with van der Waals surface area (Å²) in [6.45, 7) is 1.54. The Kier molecular flexibility index (Phi) is 6.52. The summed E-state index contributed by atoms with van der Waals surface area (Å²) in [6.07, 6.45) is -3.87.